The maximum atomic E-state index is 13.0. The van der Waals surface area contributed by atoms with Gasteiger partial charge in [0.1, 0.15) is 0 Å². The summed E-state index contributed by atoms with van der Waals surface area (Å²) in [5.74, 6) is 1.37. The van der Waals surface area contributed by atoms with E-state index in [9.17, 15) is 13.2 Å². The van der Waals surface area contributed by atoms with Gasteiger partial charge in [0.2, 0.25) is 5.82 Å². The lowest BCUT2D eigenvalue weighted by molar-refractivity contribution is -0.337. The molecule has 3 heterocycles. The van der Waals surface area contributed by atoms with Crippen LogP contribution in [0, 0.1) is 0 Å². The minimum absolute atomic E-state index is 0.365. The molecule has 2 aromatic carbocycles. The van der Waals surface area contributed by atoms with E-state index in [1.54, 1.807) is 18.2 Å². The van der Waals surface area contributed by atoms with E-state index in [1.165, 1.54) is 12.1 Å². The molecule has 0 spiro atoms. The topological polar surface area (TPSA) is 86.2 Å². The third-order valence-electron chi connectivity index (χ3n) is 5.87. The molecule has 1 aliphatic rings. The normalized spacial score (nSPS) is 14.9. The van der Waals surface area contributed by atoms with Gasteiger partial charge in [-0.05, 0) is 43.4 Å². The number of anilines is 5. The van der Waals surface area contributed by atoms with Gasteiger partial charge in [-0.15, -0.1) is 0 Å². The Morgan fingerprint density at radius 3 is 2.25 bits per heavy atom. The van der Waals surface area contributed by atoms with Crippen LogP contribution in [0.3, 0.4) is 0 Å². The second kappa shape index (κ2) is 9.64. The number of benzene rings is 2. The lowest BCUT2D eigenvalue weighted by Crippen LogP contribution is -2.46. The molecule has 1 fully saturated rings. The summed E-state index contributed by atoms with van der Waals surface area (Å²) in [6.45, 7) is 3.26. The number of nitrogens with one attached hydrogen (secondary N) is 4. The zero-order valence-electron chi connectivity index (χ0n) is 19.0. The fourth-order valence-electron chi connectivity index (χ4n) is 3.86. The number of aromatic nitrogens is 4. The molecule has 1 saturated heterocycles. The second-order valence-electron chi connectivity index (χ2n) is 8.43. The monoisotopic (exact) mass is 537 g/mol. The number of para-hydroxylation sites is 1. The first-order valence-corrected chi connectivity index (χ1v) is 11.8. The van der Waals surface area contributed by atoms with Gasteiger partial charge in [0.15, 0.2) is 5.52 Å². The molecule has 8 nitrogen and oxygen atoms in total. The van der Waals surface area contributed by atoms with E-state index in [-0.39, 0.29) is 0 Å². The molecule has 13 heteroatoms. The maximum Gasteiger partial charge on any atom is 0.416 e. The Morgan fingerprint density at radius 1 is 0.944 bits per heavy atom. The molecule has 36 heavy (non-hydrogen) atoms. The van der Waals surface area contributed by atoms with Crippen LogP contribution in [-0.2, 0) is 6.18 Å². The van der Waals surface area contributed by atoms with Crippen LogP contribution in [0.15, 0.2) is 42.5 Å². The van der Waals surface area contributed by atoms with Crippen molar-refractivity contribution in [3.63, 3.8) is 0 Å². The average Bonchev–Trinajstić information content (AvgIpc) is 3.25. The van der Waals surface area contributed by atoms with Crippen LogP contribution in [0.25, 0.3) is 11.2 Å². The van der Waals surface area contributed by atoms with E-state index in [0.717, 1.165) is 38.3 Å². The van der Waals surface area contributed by atoms with Gasteiger partial charge in [0, 0.05) is 18.8 Å². The van der Waals surface area contributed by atoms with Crippen LogP contribution in [0.5, 0.6) is 0 Å². The molecule has 0 atom stereocenters. The van der Waals surface area contributed by atoms with Crippen molar-refractivity contribution in [1.82, 2.24) is 19.9 Å². The van der Waals surface area contributed by atoms with Crippen molar-refractivity contribution in [2.24, 2.45) is 0 Å². The summed E-state index contributed by atoms with van der Waals surface area (Å²) >= 11 is 12.6. The van der Waals surface area contributed by atoms with E-state index >= 15 is 0 Å². The van der Waals surface area contributed by atoms with Gasteiger partial charge in [-0.2, -0.15) is 13.2 Å². The van der Waals surface area contributed by atoms with E-state index in [4.69, 9.17) is 28.2 Å². The molecule has 188 valence electrons. The first kappa shape index (κ1) is 24.4. The van der Waals surface area contributed by atoms with Gasteiger partial charge in [-0.3, -0.25) is 4.90 Å². The molecule has 0 unspecified atom stereocenters. The molecule has 0 amide bonds. The van der Waals surface area contributed by atoms with Crippen molar-refractivity contribution in [1.29, 1.82) is 0 Å². The first-order valence-electron chi connectivity index (χ1n) is 11.1. The number of hydrogen-bond acceptors (Lipinski definition) is 6. The summed E-state index contributed by atoms with van der Waals surface area (Å²) in [5, 5.41) is 7.07. The molecule has 1 aliphatic heterocycles. The van der Waals surface area contributed by atoms with E-state index in [2.05, 4.69) is 42.4 Å². The third-order valence-corrected chi connectivity index (χ3v) is 6.50. The highest BCUT2D eigenvalue weighted by Gasteiger charge is 2.30. The highest BCUT2D eigenvalue weighted by atomic mass is 35.5. The Hall–Kier alpha value is -3.28. The Balaban J connectivity index is 1.53. The van der Waals surface area contributed by atoms with Gasteiger partial charge in [-0.1, -0.05) is 39.2 Å². The van der Waals surface area contributed by atoms with E-state index in [1.807, 2.05) is 0 Å². The SMILES string of the molecule is CN1CCN(c2nc(Nc3ccc(C(F)(F)F)cc3)c3[nH]c(Nc4c(Cl)cccc4Cl)nc3[nH+]2)CC1. The summed E-state index contributed by atoms with van der Waals surface area (Å²) in [7, 11) is 2.06. The maximum absolute atomic E-state index is 13.0. The third kappa shape index (κ3) is 5.13. The number of fused-ring (bicyclic) bond motifs is 1. The van der Waals surface area contributed by atoms with Crippen molar-refractivity contribution < 1.29 is 18.2 Å². The van der Waals surface area contributed by atoms with Gasteiger partial charge >= 0.3 is 12.1 Å². The van der Waals surface area contributed by atoms with Crippen LogP contribution in [0.2, 0.25) is 10.0 Å². The first-order chi connectivity index (χ1) is 17.2. The quantitative estimate of drug-likeness (QED) is 0.318. The second-order valence-corrected chi connectivity index (χ2v) is 9.24. The van der Waals surface area contributed by atoms with Crippen LogP contribution < -0.4 is 20.5 Å². The Labute approximate surface area is 214 Å². The molecule has 2 aromatic heterocycles. The van der Waals surface area contributed by atoms with Gasteiger partial charge in [0.05, 0.1) is 34.4 Å². The summed E-state index contributed by atoms with van der Waals surface area (Å²) in [6.07, 6.45) is -4.41. The fraction of sp³-hybridized carbons (Fsp3) is 0.261. The minimum atomic E-state index is -4.41. The number of alkyl halides is 3. The lowest BCUT2D eigenvalue weighted by atomic mass is 10.2. The smallest absolute Gasteiger partial charge is 0.328 e. The number of H-pyrrole nitrogens is 2. The van der Waals surface area contributed by atoms with Crippen molar-refractivity contribution in [2.45, 2.75) is 6.18 Å². The van der Waals surface area contributed by atoms with Gasteiger partial charge in [-0.25, -0.2) is 4.98 Å². The van der Waals surface area contributed by atoms with Crippen LogP contribution in [-0.4, -0.2) is 53.1 Å². The number of piperazine rings is 1. The van der Waals surface area contributed by atoms with E-state index in [0.29, 0.717) is 50.3 Å². The zero-order chi connectivity index (χ0) is 25.4. The lowest BCUT2D eigenvalue weighted by Gasteiger charge is -2.29. The van der Waals surface area contributed by atoms with Crippen molar-refractivity contribution in [3.8, 4) is 0 Å². The molecule has 0 aliphatic carbocycles. The number of aromatic amines is 2. The number of imidazole rings is 1. The van der Waals surface area contributed by atoms with Gasteiger partial charge in [0.25, 0.3) is 11.6 Å². The minimum Gasteiger partial charge on any atom is -0.328 e. The summed E-state index contributed by atoms with van der Waals surface area (Å²) in [4.78, 5) is 20.1. The Bertz CT molecular complexity index is 1360. The van der Waals surface area contributed by atoms with E-state index < -0.39 is 11.7 Å². The van der Waals surface area contributed by atoms with Gasteiger partial charge < -0.3 is 20.5 Å². The van der Waals surface area contributed by atoms with Crippen LogP contribution >= 0.6 is 23.2 Å². The predicted octanol–water partition coefficient (Wildman–Crippen LogP) is 5.34. The molecule has 5 rings (SSSR count). The molecule has 0 saturated carbocycles. The predicted molar refractivity (Wildman–Crippen MR) is 135 cm³/mol. The zero-order valence-corrected chi connectivity index (χ0v) is 20.6. The highest BCUT2D eigenvalue weighted by molar-refractivity contribution is 6.39. The van der Waals surface area contributed by atoms with Crippen LogP contribution in [0.1, 0.15) is 5.56 Å². The fourth-order valence-corrected chi connectivity index (χ4v) is 4.36. The summed E-state index contributed by atoms with van der Waals surface area (Å²) < 4.78 is 39.0. The average molecular weight is 538 g/mol. The van der Waals surface area contributed by atoms with Crippen LogP contribution in [0.4, 0.5) is 42.3 Å². The number of hydrogen-bond donors (Lipinski definition) is 3. The van der Waals surface area contributed by atoms with Crippen molar-refractivity contribution in [3.05, 3.63) is 58.1 Å². The Morgan fingerprint density at radius 2 is 1.61 bits per heavy atom. The number of likely N-dealkylation sites (N-methyl/N-ethyl adjacent to an activating group) is 1. The number of halogens is 5. The Kier molecular flexibility index (Phi) is 6.54. The number of rotatable bonds is 5. The number of nitrogens with zero attached hydrogens (tertiary/aromatic N) is 4. The molecular weight excluding hydrogens is 516 g/mol. The summed E-state index contributed by atoms with van der Waals surface area (Å²) in [5.41, 5.74) is 1.24. The summed E-state index contributed by atoms with van der Waals surface area (Å²) in [6, 6.07) is 9.92. The molecular formula is C23H22Cl2F3N8+. The largest absolute Gasteiger partial charge is 0.416 e. The molecule has 0 bridgehead atoms. The molecule has 4 N–H and O–H groups in total. The van der Waals surface area contributed by atoms with Crippen molar-refractivity contribution >= 4 is 63.5 Å². The highest BCUT2D eigenvalue weighted by Crippen LogP contribution is 2.34. The molecule has 0 radical (unpaired) electrons. The van der Waals surface area contributed by atoms with Crippen molar-refractivity contribution in [2.75, 3.05) is 48.8 Å². The molecule has 4 aromatic rings. The standard InChI is InChI=1S/C23H21Cl2F3N8/c1-35-9-11-36(12-10-35)22-33-19(29-14-7-5-13(6-8-14)23(26,27)28)18-20(34-22)32-21(31-18)30-17-15(24)3-2-4-16(17)25/h2-8H,9-12H2,1H3,(H3,29,30,31,32,33,34)/p+1.